The number of thioether (sulfide) groups is 1. The minimum absolute atomic E-state index is 0.115. The maximum atomic E-state index is 13.7. The van der Waals surface area contributed by atoms with Crippen LogP contribution in [-0.2, 0) is 14.8 Å². The first-order valence-corrected chi connectivity index (χ1v) is 8.94. The fourth-order valence-corrected chi connectivity index (χ4v) is 6.01. The Morgan fingerprint density at radius 2 is 2.10 bits per heavy atom. The molecule has 116 valence electrons. The van der Waals surface area contributed by atoms with Crippen LogP contribution in [0, 0.1) is 5.82 Å². The zero-order valence-electron chi connectivity index (χ0n) is 10.6. The van der Waals surface area contributed by atoms with E-state index in [1.807, 2.05) is 0 Å². The molecular formula is C11H10Cl2FNO4S2. The second-order valence-electron chi connectivity index (χ2n) is 4.30. The summed E-state index contributed by atoms with van der Waals surface area (Å²) in [6, 6.07) is 0.918. The van der Waals surface area contributed by atoms with Crippen LogP contribution in [0.15, 0.2) is 17.0 Å². The van der Waals surface area contributed by atoms with Gasteiger partial charge in [-0.3, -0.25) is 4.79 Å². The molecule has 0 aromatic heterocycles. The Balaban J connectivity index is 2.56. The number of hydrogen-bond donors (Lipinski definition) is 1. The number of carboxylic acids is 1. The molecule has 1 heterocycles. The summed E-state index contributed by atoms with van der Waals surface area (Å²) in [5, 5.41) is 7.59. The molecule has 10 heteroatoms. The highest BCUT2D eigenvalue weighted by atomic mass is 35.5. The standard InChI is InChI=1S/C11H10Cl2FNO4S2/c1-5-15(7(4-20-5)11(16)17)21(18,19)8-3-2-6(12)10(14)9(8)13/h2-3,5,7H,4H2,1H3,(H,16,17). The fourth-order valence-electron chi connectivity index (χ4n) is 1.99. The van der Waals surface area contributed by atoms with E-state index in [2.05, 4.69) is 0 Å². The van der Waals surface area contributed by atoms with Crippen molar-refractivity contribution in [2.24, 2.45) is 0 Å². The van der Waals surface area contributed by atoms with Crippen molar-refractivity contribution >= 4 is 51.0 Å². The van der Waals surface area contributed by atoms with Gasteiger partial charge in [0.2, 0.25) is 10.0 Å². The Morgan fingerprint density at radius 1 is 1.48 bits per heavy atom. The molecule has 1 fully saturated rings. The lowest BCUT2D eigenvalue weighted by Crippen LogP contribution is -2.44. The maximum absolute atomic E-state index is 13.7. The zero-order valence-corrected chi connectivity index (χ0v) is 13.7. The predicted octanol–water partition coefficient (Wildman–Crippen LogP) is 2.67. The number of sulfonamides is 1. The average Bonchev–Trinajstić information content (AvgIpc) is 2.78. The maximum Gasteiger partial charge on any atom is 0.322 e. The van der Waals surface area contributed by atoms with Gasteiger partial charge in [-0.1, -0.05) is 23.2 Å². The Morgan fingerprint density at radius 3 is 2.67 bits per heavy atom. The largest absolute Gasteiger partial charge is 0.480 e. The summed E-state index contributed by atoms with van der Waals surface area (Å²) in [5.41, 5.74) is 0. The first-order valence-electron chi connectivity index (χ1n) is 5.69. The van der Waals surface area contributed by atoms with Gasteiger partial charge in [-0.2, -0.15) is 4.31 Å². The molecule has 0 saturated carbocycles. The monoisotopic (exact) mass is 373 g/mol. The lowest BCUT2D eigenvalue weighted by molar-refractivity contribution is -0.140. The van der Waals surface area contributed by atoms with Crippen molar-refractivity contribution in [2.45, 2.75) is 23.2 Å². The first kappa shape index (κ1) is 16.8. The summed E-state index contributed by atoms with van der Waals surface area (Å²) in [6.07, 6.45) is 0. The van der Waals surface area contributed by atoms with E-state index in [-0.39, 0.29) is 10.8 Å². The molecule has 1 aliphatic heterocycles. The molecule has 0 aliphatic carbocycles. The van der Waals surface area contributed by atoms with Crippen molar-refractivity contribution in [1.82, 2.24) is 4.31 Å². The van der Waals surface area contributed by atoms with Crippen molar-refractivity contribution in [3.63, 3.8) is 0 Å². The SMILES string of the molecule is CC1SCC(C(=O)O)N1S(=O)(=O)c1ccc(Cl)c(F)c1Cl. The summed E-state index contributed by atoms with van der Waals surface area (Å²) in [4.78, 5) is 10.7. The molecule has 2 atom stereocenters. The molecule has 0 amide bonds. The summed E-state index contributed by atoms with van der Waals surface area (Å²) >= 11 is 12.4. The summed E-state index contributed by atoms with van der Waals surface area (Å²) < 4.78 is 39.7. The molecule has 2 rings (SSSR count). The number of nitrogens with zero attached hydrogens (tertiary/aromatic N) is 1. The molecule has 1 aromatic carbocycles. The summed E-state index contributed by atoms with van der Waals surface area (Å²) in [6.45, 7) is 1.56. The van der Waals surface area contributed by atoms with Crippen LogP contribution in [0.4, 0.5) is 4.39 Å². The Hall–Kier alpha value is -0.540. The molecule has 1 aliphatic rings. The van der Waals surface area contributed by atoms with Gasteiger partial charge >= 0.3 is 5.97 Å². The topological polar surface area (TPSA) is 74.7 Å². The quantitative estimate of drug-likeness (QED) is 0.824. The lowest BCUT2D eigenvalue weighted by atomic mass is 10.3. The normalized spacial score (nSPS) is 23.4. The molecule has 1 N–H and O–H groups in total. The fraction of sp³-hybridized carbons (Fsp3) is 0.364. The van der Waals surface area contributed by atoms with Crippen LogP contribution < -0.4 is 0 Å². The van der Waals surface area contributed by atoms with Crippen molar-refractivity contribution in [3.05, 3.63) is 28.0 Å². The number of hydrogen-bond acceptors (Lipinski definition) is 4. The molecule has 0 bridgehead atoms. The molecule has 1 aromatic rings. The van der Waals surface area contributed by atoms with E-state index in [0.717, 1.165) is 16.4 Å². The van der Waals surface area contributed by atoms with Crippen molar-refractivity contribution in [3.8, 4) is 0 Å². The van der Waals surface area contributed by atoms with Crippen LogP contribution in [0.1, 0.15) is 6.92 Å². The van der Waals surface area contributed by atoms with E-state index in [4.69, 9.17) is 28.3 Å². The van der Waals surface area contributed by atoms with E-state index in [9.17, 15) is 17.6 Å². The third-order valence-electron chi connectivity index (χ3n) is 3.00. The van der Waals surface area contributed by atoms with Gasteiger partial charge in [0.1, 0.15) is 10.9 Å². The van der Waals surface area contributed by atoms with Crippen molar-refractivity contribution in [2.75, 3.05) is 5.75 Å². The Labute approximate surface area is 135 Å². The number of benzene rings is 1. The molecule has 1 saturated heterocycles. The van der Waals surface area contributed by atoms with Gasteiger partial charge in [0.05, 0.1) is 15.4 Å². The van der Waals surface area contributed by atoms with E-state index < -0.39 is 43.1 Å². The predicted molar refractivity (Wildman–Crippen MR) is 78.8 cm³/mol. The van der Waals surface area contributed by atoms with E-state index >= 15 is 0 Å². The van der Waals surface area contributed by atoms with Gasteiger partial charge in [0.25, 0.3) is 0 Å². The molecule has 5 nitrogen and oxygen atoms in total. The third-order valence-corrected chi connectivity index (χ3v) is 7.15. The molecule has 0 radical (unpaired) electrons. The number of rotatable bonds is 3. The number of halogens is 3. The minimum Gasteiger partial charge on any atom is -0.480 e. The van der Waals surface area contributed by atoms with E-state index in [1.165, 1.54) is 11.8 Å². The van der Waals surface area contributed by atoms with Crippen molar-refractivity contribution in [1.29, 1.82) is 0 Å². The van der Waals surface area contributed by atoms with Gasteiger partial charge in [0.15, 0.2) is 5.82 Å². The number of carbonyl (C=O) groups is 1. The molecule has 2 unspecified atom stereocenters. The second kappa shape index (κ2) is 5.92. The van der Waals surface area contributed by atoms with Crippen LogP contribution >= 0.6 is 35.0 Å². The van der Waals surface area contributed by atoms with Crippen molar-refractivity contribution < 1.29 is 22.7 Å². The Bertz CT molecular complexity index is 698. The number of aliphatic carboxylic acids is 1. The van der Waals surface area contributed by atoms with Crippen LogP contribution in [0.25, 0.3) is 0 Å². The summed E-state index contributed by atoms with van der Waals surface area (Å²) in [5.74, 6) is -2.20. The van der Waals surface area contributed by atoms with Gasteiger partial charge in [0, 0.05) is 5.75 Å². The van der Waals surface area contributed by atoms with E-state index in [1.54, 1.807) is 6.92 Å². The van der Waals surface area contributed by atoms with Gasteiger partial charge in [-0.15, -0.1) is 11.8 Å². The lowest BCUT2D eigenvalue weighted by Gasteiger charge is -2.24. The van der Waals surface area contributed by atoms with Gasteiger partial charge in [-0.05, 0) is 19.1 Å². The van der Waals surface area contributed by atoms with E-state index in [0.29, 0.717) is 0 Å². The van der Waals surface area contributed by atoms with Crippen LogP contribution in [0.3, 0.4) is 0 Å². The molecule has 21 heavy (non-hydrogen) atoms. The van der Waals surface area contributed by atoms with Gasteiger partial charge < -0.3 is 5.11 Å². The zero-order chi connectivity index (χ0) is 15.9. The van der Waals surface area contributed by atoms with Gasteiger partial charge in [-0.25, -0.2) is 12.8 Å². The Kier molecular flexibility index (Phi) is 4.75. The smallest absolute Gasteiger partial charge is 0.322 e. The third kappa shape index (κ3) is 2.87. The van der Waals surface area contributed by atoms with Crippen LogP contribution in [-0.4, -0.2) is 41.0 Å². The first-order chi connectivity index (χ1) is 9.67. The minimum atomic E-state index is -4.25. The average molecular weight is 374 g/mol. The molecular weight excluding hydrogens is 364 g/mol. The summed E-state index contributed by atoms with van der Waals surface area (Å²) in [7, 11) is -4.25. The highest BCUT2D eigenvalue weighted by Gasteiger charge is 2.45. The van der Waals surface area contributed by atoms with Crippen LogP contribution in [0.2, 0.25) is 10.0 Å². The highest BCUT2D eigenvalue weighted by molar-refractivity contribution is 8.01. The number of carboxylic acid groups (broad SMARTS) is 1. The highest BCUT2D eigenvalue weighted by Crippen LogP contribution is 2.38. The molecule has 0 spiro atoms. The van der Waals surface area contributed by atoms with Crippen LogP contribution in [0.5, 0.6) is 0 Å². The second-order valence-corrected chi connectivity index (χ2v) is 8.24.